The molecule has 2 aromatic rings. The first-order valence-electron chi connectivity index (χ1n) is 5.71. The Morgan fingerprint density at radius 3 is 2.94 bits per heavy atom. The smallest absolute Gasteiger partial charge is 0.329 e. The van der Waals surface area contributed by atoms with Gasteiger partial charge in [0.1, 0.15) is 0 Å². The Balaban J connectivity index is 2.31. The number of aliphatic carboxylic acids is 1. The summed E-state index contributed by atoms with van der Waals surface area (Å²) >= 11 is 0. The van der Waals surface area contributed by atoms with Crippen LogP contribution in [0.4, 0.5) is 0 Å². The minimum atomic E-state index is -1.01. The summed E-state index contributed by atoms with van der Waals surface area (Å²) in [7, 11) is 0. The van der Waals surface area contributed by atoms with E-state index in [0.29, 0.717) is 6.54 Å². The number of fused-ring (bicyclic) bond motifs is 3. The van der Waals surface area contributed by atoms with Crippen molar-refractivity contribution in [3.05, 3.63) is 35.5 Å². The van der Waals surface area contributed by atoms with Crippen LogP contribution in [0.25, 0.3) is 10.9 Å². The lowest BCUT2D eigenvalue weighted by Crippen LogP contribution is -2.50. The van der Waals surface area contributed by atoms with Gasteiger partial charge < -0.3 is 10.1 Å². The maximum atomic E-state index is 11.4. The van der Waals surface area contributed by atoms with Gasteiger partial charge in [0.15, 0.2) is 5.54 Å². The molecule has 4 nitrogen and oxygen atoms in total. The number of aromatic amines is 1. The monoisotopic (exact) mass is 230 g/mol. The van der Waals surface area contributed by atoms with Crippen LogP contribution in [0.3, 0.4) is 0 Å². The summed E-state index contributed by atoms with van der Waals surface area (Å²) in [5.74, 6) is -0.843. The van der Waals surface area contributed by atoms with Crippen LogP contribution in [-0.2, 0) is 16.8 Å². The van der Waals surface area contributed by atoms with Crippen molar-refractivity contribution >= 4 is 16.9 Å². The third-order valence-corrected chi connectivity index (χ3v) is 3.59. The van der Waals surface area contributed by atoms with Crippen molar-refractivity contribution in [2.75, 3.05) is 6.54 Å². The molecule has 0 saturated carbocycles. The van der Waals surface area contributed by atoms with Crippen LogP contribution in [0, 0.1) is 0 Å². The minimum Gasteiger partial charge on any atom is -0.480 e. The van der Waals surface area contributed by atoms with Crippen molar-refractivity contribution in [1.29, 1.82) is 0 Å². The van der Waals surface area contributed by atoms with Crippen molar-refractivity contribution in [1.82, 2.24) is 10.3 Å². The van der Waals surface area contributed by atoms with Crippen molar-refractivity contribution in [3.8, 4) is 0 Å². The molecular formula is C13H14N2O2. The molecule has 0 aliphatic carbocycles. The maximum Gasteiger partial charge on any atom is 0.329 e. The Morgan fingerprint density at radius 1 is 1.41 bits per heavy atom. The van der Waals surface area contributed by atoms with Gasteiger partial charge in [-0.15, -0.1) is 0 Å². The summed E-state index contributed by atoms with van der Waals surface area (Å²) in [6.07, 6.45) is 0.863. The second kappa shape index (κ2) is 3.34. The summed E-state index contributed by atoms with van der Waals surface area (Å²) in [6, 6.07) is 7.96. The van der Waals surface area contributed by atoms with E-state index in [1.54, 1.807) is 6.92 Å². The molecule has 0 unspecified atom stereocenters. The minimum absolute atomic E-state index is 0.692. The number of hydrogen-bond donors (Lipinski definition) is 3. The average molecular weight is 230 g/mol. The number of rotatable bonds is 1. The molecule has 0 bridgehead atoms. The highest BCUT2D eigenvalue weighted by molar-refractivity contribution is 5.89. The van der Waals surface area contributed by atoms with E-state index in [0.717, 1.165) is 28.6 Å². The molecule has 1 aliphatic heterocycles. The largest absolute Gasteiger partial charge is 0.480 e. The Morgan fingerprint density at radius 2 is 2.18 bits per heavy atom. The lowest BCUT2D eigenvalue weighted by atomic mass is 9.89. The number of benzene rings is 1. The molecule has 0 fully saturated rings. The van der Waals surface area contributed by atoms with Crippen LogP contribution >= 0.6 is 0 Å². The van der Waals surface area contributed by atoms with Gasteiger partial charge in [-0.05, 0) is 25.0 Å². The van der Waals surface area contributed by atoms with E-state index in [-0.39, 0.29) is 0 Å². The summed E-state index contributed by atoms with van der Waals surface area (Å²) < 4.78 is 0. The van der Waals surface area contributed by atoms with Crippen molar-refractivity contribution in [3.63, 3.8) is 0 Å². The third kappa shape index (κ3) is 1.31. The number of carboxylic acid groups (broad SMARTS) is 1. The zero-order valence-corrected chi connectivity index (χ0v) is 9.58. The normalized spacial score (nSPS) is 23.6. The van der Waals surface area contributed by atoms with Crippen LogP contribution in [0.15, 0.2) is 24.3 Å². The zero-order chi connectivity index (χ0) is 12.0. The van der Waals surface area contributed by atoms with Crippen LogP contribution in [0.2, 0.25) is 0 Å². The zero-order valence-electron chi connectivity index (χ0n) is 9.58. The van der Waals surface area contributed by atoms with Crippen LogP contribution < -0.4 is 5.32 Å². The summed E-state index contributed by atoms with van der Waals surface area (Å²) in [5, 5.41) is 13.6. The number of nitrogens with one attached hydrogen (secondary N) is 2. The molecular weight excluding hydrogens is 216 g/mol. The molecule has 0 radical (unpaired) electrons. The standard InChI is InChI=1S/C13H14N2O2/c1-13(12(16)17)11-9(6-7-14-13)8-4-2-3-5-10(8)15-11/h2-5,14-15H,6-7H2,1H3,(H,16,17)/t13-/m1/s1. The fraction of sp³-hybridized carbons (Fsp3) is 0.308. The molecule has 1 aliphatic rings. The molecule has 0 amide bonds. The number of hydrogen-bond acceptors (Lipinski definition) is 2. The Bertz CT molecular complexity index is 602. The molecule has 88 valence electrons. The van der Waals surface area contributed by atoms with E-state index in [1.807, 2.05) is 24.3 Å². The highest BCUT2D eigenvalue weighted by Gasteiger charge is 2.40. The Hall–Kier alpha value is -1.81. The summed E-state index contributed by atoms with van der Waals surface area (Å²) in [4.78, 5) is 14.7. The van der Waals surface area contributed by atoms with E-state index in [9.17, 15) is 9.90 Å². The van der Waals surface area contributed by atoms with Gasteiger partial charge in [-0.1, -0.05) is 18.2 Å². The first kappa shape index (κ1) is 10.4. The van der Waals surface area contributed by atoms with Crippen molar-refractivity contribution in [2.24, 2.45) is 0 Å². The Kier molecular flexibility index (Phi) is 2.03. The first-order chi connectivity index (χ1) is 8.13. The van der Waals surface area contributed by atoms with E-state index in [2.05, 4.69) is 10.3 Å². The topological polar surface area (TPSA) is 65.1 Å². The van der Waals surface area contributed by atoms with E-state index >= 15 is 0 Å². The summed E-state index contributed by atoms with van der Waals surface area (Å²) in [6.45, 7) is 2.40. The molecule has 17 heavy (non-hydrogen) atoms. The average Bonchev–Trinajstić information content (AvgIpc) is 2.70. The van der Waals surface area contributed by atoms with Gasteiger partial charge in [0, 0.05) is 17.4 Å². The SMILES string of the molecule is C[C@@]1(C(=O)O)NCCc2c1[nH]c1ccccc21. The van der Waals surface area contributed by atoms with E-state index in [1.165, 1.54) is 0 Å². The Labute approximate surface area is 98.6 Å². The van der Waals surface area contributed by atoms with Crippen molar-refractivity contribution < 1.29 is 9.90 Å². The van der Waals surface area contributed by atoms with Gasteiger partial charge >= 0.3 is 5.97 Å². The lowest BCUT2D eigenvalue weighted by molar-refractivity contribution is -0.145. The number of para-hydroxylation sites is 1. The molecule has 1 atom stereocenters. The maximum absolute atomic E-state index is 11.4. The molecule has 3 N–H and O–H groups in total. The molecule has 0 saturated heterocycles. The number of carboxylic acids is 1. The molecule has 3 rings (SSSR count). The third-order valence-electron chi connectivity index (χ3n) is 3.59. The fourth-order valence-electron chi connectivity index (χ4n) is 2.59. The van der Waals surface area contributed by atoms with Gasteiger partial charge in [-0.25, -0.2) is 4.79 Å². The molecule has 0 spiro atoms. The first-order valence-corrected chi connectivity index (χ1v) is 5.71. The lowest BCUT2D eigenvalue weighted by Gasteiger charge is -2.31. The number of aromatic nitrogens is 1. The van der Waals surface area contributed by atoms with Crippen LogP contribution in [-0.4, -0.2) is 22.6 Å². The van der Waals surface area contributed by atoms with E-state index < -0.39 is 11.5 Å². The van der Waals surface area contributed by atoms with Crippen LogP contribution in [0.5, 0.6) is 0 Å². The van der Waals surface area contributed by atoms with Gasteiger partial charge in [-0.3, -0.25) is 5.32 Å². The quantitative estimate of drug-likeness (QED) is 0.697. The van der Waals surface area contributed by atoms with Gasteiger partial charge in [0.05, 0.1) is 5.69 Å². The summed E-state index contributed by atoms with van der Waals surface area (Å²) in [5.41, 5.74) is 1.92. The molecule has 4 heteroatoms. The predicted molar refractivity (Wildman–Crippen MR) is 65.0 cm³/mol. The molecule has 1 aromatic carbocycles. The van der Waals surface area contributed by atoms with E-state index in [4.69, 9.17) is 0 Å². The predicted octanol–water partition coefficient (Wildman–Crippen LogP) is 1.61. The second-order valence-corrected chi connectivity index (χ2v) is 4.63. The number of H-pyrrole nitrogens is 1. The van der Waals surface area contributed by atoms with Crippen molar-refractivity contribution in [2.45, 2.75) is 18.9 Å². The number of carbonyl (C=O) groups is 1. The van der Waals surface area contributed by atoms with Gasteiger partial charge in [0.25, 0.3) is 0 Å². The van der Waals surface area contributed by atoms with Gasteiger partial charge in [0.2, 0.25) is 0 Å². The highest BCUT2D eigenvalue weighted by Crippen LogP contribution is 2.33. The van der Waals surface area contributed by atoms with Gasteiger partial charge in [-0.2, -0.15) is 0 Å². The second-order valence-electron chi connectivity index (χ2n) is 4.63. The van der Waals surface area contributed by atoms with Crippen LogP contribution in [0.1, 0.15) is 18.2 Å². The highest BCUT2D eigenvalue weighted by atomic mass is 16.4. The molecule has 1 aromatic heterocycles. The fourth-order valence-corrected chi connectivity index (χ4v) is 2.59. The molecule has 2 heterocycles.